The van der Waals surface area contributed by atoms with E-state index in [4.69, 9.17) is 16.3 Å². The van der Waals surface area contributed by atoms with Crippen molar-refractivity contribution in [1.29, 1.82) is 0 Å². The Morgan fingerprint density at radius 1 is 1.32 bits per heavy atom. The van der Waals surface area contributed by atoms with Gasteiger partial charge in [-0.1, -0.05) is 11.6 Å². The molecule has 2 unspecified atom stereocenters. The Balaban J connectivity index is 1.69. The first kappa shape index (κ1) is 13.1. The highest BCUT2D eigenvalue weighted by molar-refractivity contribution is 6.30. The number of anilines is 1. The number of hydrogen-bond donors (Lipinski definition) is 1. The molecule has 2 heterocycles. The Bertz CT molecular complexity index is 452. The van der Waals surface area contributed by atoms with Gasteiger partial charge >= 0.3 is 0 Å². The molecule has 2 atom stereocenters. The van der Waals surface area contributed by atoms with Crippen molar-refractivity contribution in [2.24, 2.45) is 0 Å². The van der Waals surface area contributed by atoms with Crippen LogP contribution in [0.2, 0.25) is 5.02 Å². The second-order valence-corrected chi connectivity index (χ2v) is 5.98. The van der Waals surface area contributed by atoms with Crippen molar-refractivity contribution < 1.29 is 4.74 Å². The zero-order valence-corrected chi connectivity index (χ0v) is 12.1. The second kappa shape index (κ2) is 5.59. The van der Waals surface area contributed by atoms with Crippen LogP contribution in [-0.2, 0) is 0 Å². The molecule has 2 aliphatic heterocycles. The van der Waals surface area contributed by atoms with Gasteiger partial charge in [-0.3, -0.25) is 0 Å². The van der Waals surface area contributed by atoms with Crippen LogP contribution < -0.4 is 10.1 Å². The maximum atomic E-state index is 6.08. The highest BCUT2D eigenvalue weighted by Crippen LogP contribution is 2.32. The van der Waals surface area contributed by atoms with E-state index in [1.165, 1.54) is 38.8 Å². The van der Waals surface area contributed by atoms with E-state index in [9.17, 15) is 0 Å². The average Bonchev–Trinajstić information content (AvgIpc) is 2.86. The van der Waals surface area contributed by atoms with Gasteiger partial charge in [0.15, 0.2) is 0 Å². The molecular weight excluding hydrogens is 260 g/mol. The Hall–Kier alpha value is -0.930. The minimum atomic E-state index is 0.534. The summed E-state index contributed by atoms with van der Waals surface area (Å²) < 4.78 is 5.40. The molecule has 2 saturated heterocycles. The van der Waals surface area contributed by atoms with E-state index >= 15 is 0 Å². The fourth-order valence-electron chi connectivity index (χ4n) is 3.37. The number of nitrogens with zero attached hydrogens (tertiary/aromatic N) is 1. The maximum absolute atomic E-state index is 6.08. The summed E-state index contributed by atoms with van der Waals surface area (Å²) in [5.41, 5.74) is 1.02. The van der Waals surface area contributed by atoms with Gasteiger partial charge in [0.2, 0.25) is 0 Å². The summed E-state index contributed by atoms with van der Waals surface area (Å²) in [5.74, 6) is 0.873. The van der Waals surface area contributed by atoms with Gasteiger partial charge < -0.3 is 15.0 Å². The molecule has 4 heteroatoms. The van der Waals surface area contributed by atoms with Crippen molar-refractivity contribution in [3.05, 3.63) is 23.2 Å². The van der Waals surface area contributed by atoms with Gasteiger partial charge in [-0.15, -0.1) is 0 Å². The summed E-state index contributed by atoms with van der Waals surface area (Å²) in [4.78, 5) is 2.63. The molecule has 104 valence electrons. The maximum Gasteiger partial charge on any atom is 0.142 e. The lowest BCUT2D eigenvalue weighted by atomic mass is 9.97. The summed E-state index contributed by atoms with van der Waals surface area (Å²) in [7, 11) is 1.70. The number of piperidine rings is 1. The minimum Gasteiger partial charge on any atom is -0.495 e. The Morgan fingerprint density at radius 3 is 3.05 bits per heavy atom. The van der Waals surface area contributed by atoms with Crippen LogP contribution in [-0.4, -0.2) is 37.2 Å². The summed E-state index contributed by atoms with van der Waals surface area (Å²) >= 11 is 6.08. The van der Waals surface area contributed by atoms with Crippen molar-refractivity contribution in [1.82, 2.24) is 4.90 Å². The molecule has 0 saturated carbocycles. The molecule has 2 aliphatic rings. The molecule has 0 radical (unpaired) electrons. The molecule has 0 amide bonds. The van der Waals surface area contributed by atoms with Crippen LogP contribution in [0.3, 0.4) is 0 Å². The zero-order chi connectivity index (χ0) is 13.2. The molecule has 0 bridgehead atoms. The zero-order valence-electron chi connectivity index (χ0n) is 11.4. The van der Waals surface area contributed by atoms with Crippen molar-refractivity contribution in [3.8, 4) is 5.75 Å². The van der Waals surface area contributed by atoms with E-state index in [2.05, 4.69) is 10.2 Å². The quantitative estimate of drug-likeness (QED) is 0.919. The molecular formula is C15H21ClN2O. The summed E-state index contributed by atoms with van der Waals surface area (Å²) in [6, 6.07) is 7.06. The van der Waals surface area contributed by atoms with Crippen molar-refractivity contribution in [2.45, 2.75) is 37.8 Å². The van der Waals surface area contributed by atoms with Crippen LogP contribution >= 0.6 is 11.6 Å². The van der Waals surface area contributed by atoms with Crippen LogP contribution in [0.1, 0.15) is 25.7 Å². The van der Waals surface area contributed by atoms with E-state index < -0.39 is 0 Å². The van der Waals surface area contributed by atoms with E-state index in [0.717, 1.165) is 22.5 Å². The van der Waals surface area contributed by atoms with Crippen LogP contribution in [0.4, 0.5) is 5.69 Å². The molecule has 1 aromatic carbocycles. The molecule has 0 aromatic heterocycles. The van der Waals surface area contributed by atoms with E-state index in [0.29, 0.717) is 6.04 Å². The molecule has 1 N–H and O–H groups in total. The fourth-order valence-corrected chi connectivity index (χ4v) is 3.54. The van der Waals surface area contributed by atoms with E-state index in [1.807, 2.05) is 18.2 Å². The average molecular weight is 281 g/mol. The van der Waals surface area contributed by atoms with Crippen LogP contribution in [0.25, 0.3) is 0 Å². The standard InChI is InChI=1S/C15H21ClN2O/c1-19-15-5-4-11(16)9-14(15)17-12-6-8-18-7-2-3-13(18)10-12/h4-5,9,12-13,17H,2-3,6-8,10H2,1H3. The summed E-state index contributed by atoms with van der Waals surface area (Å²) in [6.45, 7) is 2.50. The van der Waals surface area contributed by atoms with Crippen molar-refractivity contribution in [3.63, 3.8) is 0 Å². The first-order valence-corrected chi connectivity index (χ1v) is 7.48. The first-order valence-electron chi connectivity index (χ1n) is 7.10. The fraction of sp³-hybridized carbons (Fsp3) is 0.600. The van der Waals surface area contributed by atoms with Crippen LogP contribution in [0, 0.1) is 0 Å². The largest absolute Gasteiger partial charge is 0.495 e. The third kappa shape index (κ3) is 2.82. The highest BCUT2D eigenvalue weighted by Gasteiger charge is 2.31. The van der Waals surface area contributed by atoms with Crippen molar-refractivity contribution >= 4 is 17.3 Å². The Morgan fingerprint density at radius 2 is 2.21 bits per heavy atom. The molecule has 2 fully saturated rings. The number of methoxy groups -OCH3 is 1. The lowest BCUT2D eigenvalue weighted by molar-refractivity contribution is 0.188. The first-order chi connectivity index (χ1) is 9.26. The van der Waals surface area contributed by atoms with Gasteiger partial charge in [-0.05, 0) is 50.4 Å². The van der Waals surface area contributed by atoms with Gasteiger partial charge in [0.05, 0.1) is 12.8 Å². The van der Waals surface area contributed by atoms with Gasteiger partial charge in [-0.2, -0.15) is 0 Å². The number of ether oxygens (including phenoxy) is 1. The van der Waals surface area contributed by atoms with Gasteiger partial charge in [-0.25, -0.2) is 0 Å². The number of nitrogens with one attached hydrogen (secondary N) is 1. The van der Waals surface area contributed by atoms with Gasteiger partial charge in [0.25, 0.3) is 0 Å². The van der Waals surface area contributed by atoms with E-state index in [-0.39, 0.29) is 0 Å². The lowest BCUT2D eigenvalue weighted by Crippen LogP contribution is -2.42. The molecule has 0 spiro atoms. The molecule has 19 heavy (non-hydrogen) atoms. The predicted octanol–water partition coefficient (Wildman–Crippen LogP) is 3.39. The third-order valence-electron chi connectivity index (χ3n) is 4.34. The number of hydrogen-bond acceptors (Lipinski definition) is 3. The number of fused-ring (bicyclic) bond motifs is 1. The molecule has 1 aromatic rings. The molecule has 3 nitrogen and oxygen atoms in total. The monoisotopic (exact) mass is 280 g/mol. The topological polar surface area (TPSA) is 24.5 Å². The smallest absolute Gasteiger partial charge is 0.142 e. The number of halogens is 1. The van der Waals surface area contributed by atoms with Gasteiger partial charge in [0, 0.05) is 23.7 Å². The number of rotatable bonds is 3. The Kier molecular flexibility index (Phi) is 3.85. The molecule has 3 rings (SSSR count). The Labute approximate surface area is 119 Å². The minimum absolute atomic E-state index is 0.534. The molecule has 0 aliphatic carbocycles. The van der Waals surface area contributed by atoms with Crippen molar-refractivity contribution in [2.75, 3.05) is 25.5 Å². The van der Waals surface area contributed by atoms with Crippen LogP contribution in [0.5, 0.6) is 5.75 Å². The predicted molar refractivity (Wildman–Crippen MR) is 79.2 cm³/mol. The normalized spacial score (nSPS) is 27.1. The van der Waals surface area contributed by atoms with E-state index in [1.54, 1.807) is 7.11 Å². The summed E-state index contributed by atoms with van der Waals surface area (Å²) in [5, 5.41) is 4.37. The SMILES string of the molecule is COc1ccc(Cl)cc1NC1CCN2CCCC2C1. The third-order valence-corrected chi connectivity index (χ3v) is 4.58. The second-order valence-electron chi connectivity index (χ2n) is 5.54. The summed E-state index contributed by atoms with van der Waals surface area (Å²) in [6.07, 6.45) is 5.14. The van der Waals surface area contributed by atoms with Crippen LogP contribution in [0.15, 0.2) is 18.2 Å². The lowest BCUT2D eigenvalue weighted by Gasteiger charge is -2.35. The van der Waals surface area contributed by atoms with Gasteiger partial charge in [0.1, 0.15) is 5.75 Å². The number of benzene rings is 1. The highest BCUT2D eigenvalue weighted by atomic mass is 35.5.